The fraction of sp³-hybridized carbons (Fsp3) is 0.514. The maximum atomic E-state index is 14.1. The van der Waals surface area contributed by atoms with Crippen LogP contribution in [0.5, 0.6) is 0 Å². The van der Waals surface area contributed by atoms with E-state index in [1.54, 1.807) is 24.3 Å². The number of nitrogens with one attached hydrogen (secondary N) is 3. The summed E-state index contributed by atoms with van der Waals surface area (Å²) in [6.45, 7) is 3.87. The number of amides is 3. The Bertz CT molecular complexity index is 1810. The minimum Gasteiger partial charge on any atom is -0.354 e. The molecular weight excluding hydrogens is 632 g/mol. The number of aryl methyl sites for hydroxylation is 1. The molecule has 3 amide bonds. The molecule has 6 heterocycles. The third-order valence-corrected chi connectivity index (χ3v) is 11.8. The van der Waals surface area contributed by atoms with Gasteiger partial charge in [-0.2, -0.15) is 5.10 Å². The van der Waals surface area contributed by atoms with Gasteiger partial charge >= 0.3 is 0 Å². The number of benzene rings is 1. The summed E-state index contributed by atoms with van der Waals surface area (Å²) in [5.41, 5.74) is 11.4. The number of likely N-dealkylation sites (tertiary alicyclic amines) is 2. The van der Waals surface area contributed by atoms with Gasteiger partial charge in [-0.3, -0.25) is 34.4 Å². The summed E-state index contributed by atoms with van der Waals surface area (Å²) in [4.78, 5) is 54.7. The van der Waals surface area contributed by atoms with Crippen LogP contribution < -0.4 is 16.2 Å². The number of carbonyl (C=O) groups excluding carboxylic acids is 3. The summed E-state index contributed by atoms with van der Waals surface area (Å²) in [6, 6.07) is 12.7. The van der Waals surface area contributed by atoms with Gasteiger partial charge in [-0.1, -0.05) is 30.3 Å². The zero-order chi connectivity index (χ0) is 34.4. The van der Waals surface area contributed by atoms with E-state index in [0.717, 1.165) is 62.7 Å². The van der Waals surface area contributed by atoms with Crippen molar-refractivity contribution in [3.05, 3.63) is 71.8 Å². The lowest BCUT2D eigenvalue weighted by atomic mass is 9.76. The van der Waals surface area contributed by atoms with Gasteiger partial charge in [0.05, 0.1) is 18.0 Å². The van der Waals surface area contributed by atoms with E-state index in [-0.39, 0.29) is 35.2 Å². The van der Waals surface area contributed by atoms with Gasteiger partial charge in [0.1, 0.15) is 12.0 Å². The number of fused-ring (bicyclic) bond motifs is 1. The van der Waals surface area contributed by atoms with Gasteiger partial charge in [-0.25, -0.2) is 10.4 Å². The molecule has 5 aliphatic rings. The second-order valence-corrected chi connectivity index (χ2v) is 14.7. The van der Waals surface area contributed by atoms with Crippen LogP contribution in [0.4, 0.5) is 0 Å². The molecule has 3 aromatic rings. The van der Waals surface area contributed by atoms with Gasteiger partial charge < -0.3 is 15.1 Å². The van der Waals surface area contributed by atoms with Crippen LogP contribution in [0.2, 0.25) is 0 Å². The molecule has 0 radical (unpaired) electrons. The van der Waals surface area contributed by atoms with Crippen molar-refractivity contribution in [2.75, 3.05) is 46.3 Å². The lowest BCUT2D eigenvalue weighted by molar-refractivity contribution is -0.139. The van der Waals surface area contributed by atoms with Crippen molar-refractivity contribution in [2.24, 2.45) is 18.4 Å². The Hall–Kier alpha value is -4.46. The van der Waals surface area contributed by atoms with E-state index in [1.165, 1.54) is 11.1 Å². The third kappa shape index (κ3) is 6.11. The van der Waals surface area contributed by atoms with Crippen LogP contribution in [0.3, 0.4) is 0 Å². The van der Waals surface area contributed by atoms with E-state index in [9.17, 15) is 14.4 Å². The van der Waals surface area contributed by atoms with Gasteiger partial charge in [-0.05, 0) is 79.8 Å². The van der Waals surface area contributed by atoms with E-state index >= 15 is 0 Å². The fourth-order valence-electron chi connectivity index (χ4n) is 8.96. The summed E-state index contributed by atoms with van der Waals surface area (Å²) in [5.74, 6) is 1.23. The van der Waals surface area contributed by atoms with Crippen LogP contribution in [-0.2, 0) is 16.6 Å². The predicted octanol–water partition coefficient (Wildman–Crippen LogP) is 2.16. The number of hydrogen-bond donors (Lipinski definition) is 3. The lowest BCUT2D eigenvalue weighted by Crippen LogP contribution is -2.47. The second-order valence-electron chi connectivity index (χ2n) is 14.7. The summed E-state index contributed by atoms with van der Waals surface area (Å²) in [7, 11) is 3.47. The Morgan fingerprint density at radius 1 is 1.02 bits per heavy atom. The van der Waals surface area contributed by atoms with E-state index in [0.29, 0.717) is 49.7 Å². The minimum atomic E-state index is -0.387. The first-order chi connectivity index (χ1) is 24.3. The lowest BCUT2D eigenvalue weighted by Gasteiger charge is -2.38. The highest BCUT2D eigenvalue weighted by Gasteiger charge is 2.53. The average Bonchev–Trinajstić information content (AvgIpc) is 3.95. The van der Waals surface area contributed by atoms with Gasteiger partial charge in [0.25, 0.3) is 5.91 Å². The van der Waals surface area contributed by atoms with Crippen LogP contribution in [0.15, 0.2) is 55.0 Å². The molecule has 50 heavy (non-hydrogen) atoms. The molecule has 13 heteroatoms. The molecule has 3 N–H and O–H groups in total. The number of nitrogens with zero attached hydrogens (tertiary/aromatic N) is 7. The second kappa shape index (κ2) is 13.3. The molecule has 8 rings (SSSR count). The monoisotopic (exact) mass is 678 g/mol. The molecule has 3 saturated heterocycles. The molecule has 2 aromatic heterocycles. The van der Waals surface area contributed by atoms with Crippen molar-refractivity contribution in [1.82, 2.24) is 50.6 Å². The van der Waals surface area contributed by atoms with E-state index in [4.69, 9.17) is 0 Å². The minimum absolute atomic E-state index is 0.0462. The Labute approximate surface area is 292 Å². The van der Waals surface area contributed by atoms with Gasteiger partial charge in [0, 0.05) is 64.1 Å². The van der Waals surface area contributed by atoms with Crippen LogP contribution >= 0.6 is 0 Å². The topological polar surface area (TPSA) is 141 Å². The highest BCUT2D eigenvalue weighted by Crippen LogP contribution is 2.45. The van der Waals surface area contributed by atoms with Gasteiger partial charge in [0.15, 0.2) is 5.82 Å². The molecule has 262 valence electrons. The summed E-state index contributed by atoms with van der Waals surface area (Å²) < 4.78 is 1.70. The quantitative estimate of drug-likeness (QED) is 0.343. The zero-order valence-electron chi connectivity index (χ0n) is 28.8. The number of carbonyl (C=O) groups is 3. The number of rotatable bonds is 7. The van der Waals surface area contributed by atoms with Crippen molar-refractivity contribution < 1.29 is 14.4 Å². The average molecular weight is 679 g/mol. The van der Waals surface area contributed by atoms with Crippen molar-refractivity contribution in [1.29, 1.82) is 0 Å². The first-order valence-corrected chi connectivity index (χ1v) is 18.0. The molecule has 1 saturated carbocycles. The first-order valence-electron chi connectivity index (χ1n) is 18.0. The normalized spacial score (nSPS) is 28.3. The maximum Gasteiger partial charge on any atom is 0.269 e. The van der Waals surface area contributed by atoms with Crippen LogP contribution in [0.1, 0.15) is 66.2 Å². The molecule has 4 fully saturated rings. The highest BCUT2D eigenvalue weighted by atomic mass is 16.2. The molecule has 1 aliphatic carbocycles. The third-order valence-electron chi connectivity index (χ3n) is 11.8. The van der Waals surface area contributed by atoms with Crippen molar-refractivity contribution in [3.8, 4) is 11.4 Å². The van der Waals surface area contributed by atoms with Crippen LogP contribution in [0.25, 0.3) is 17.0 Å². The molecule has 4 aliphatic heterocycles. The fourth-order valence-corrected chi connectivity index (χ4v) is 8.96. The van der Waals surface area contributed by atoms with Gasteiger partial charge in [-0.15, -0.1) is 0 Å². The Morgan fingerprint density at radius 2 is 1.84 bits per heavy atom. The van der Waals surface area contributed by atoms with Gasteiger partial charge in [0.2, 0.25) is 11.8 Å². The summed E-state index contributed by atoms with van der Waals surface area (Å²) in [6.07, 6.45) is 10.9. The van der Waals surface area contributed by atoms with E-state index in [2.05, 4.69) is 71.4 Å². The Morgan fingerprint density at radius 3 is 2.60 bits per heavy atom. The molecule has 1 spiro atoms. The molecular formula is C37H46N10O3. The Kier molecular flexibility index (Phi) is 8.74. The van der Waals surface area contributed by atoms with Crippen molar-refractivity contribution >= 4 is 23.3 Å². The van der Waals surface area contributed by atoms with E-state index < -0.39 is 0 Å². The molecule has 1 aromatic carbocycles. The van der Waals surface area contributed by atoms with Crippen molar-refractivity contribution in [3.63, 3.8) is 0 Å². The first kappa shape index (κ1) is 32.7. The molecule has 0 bridgehead atoms. The largest absolute Gasteiger partial charge is 0.354 e. The van der Waals surface area contributed by atoms with Crippen LogP contribution in [-0.4, -0.2) is 111 Å². The predicted molar refractivity (Wildman–Crippen MR) is 187 cm³/mol. The number of hydrazine groups is 1. The number of aromatic nitrogens is 4. The SMILES string of the molecule is CNC(=O)c1cc(C2NNC3CCC(N4CC[C@]5(CCN(CC(=O)N6CC=C(c7ccc(-c8ncn(C)n8)cc7)CC6)C5)C4=O)CC32)ccn1. The Balaban J connectivity index is 0.851. The molecule has 4 unspecified atom stereocenters. The zero-order valence-corrected chi connectivity index (χ0v) is 28.8. The van der Waals surface area contributed by atoms with E-state index in [1.807, 2.05) is 24.1 Å². The number of hydrogen-bond acceptors (Lipinski definition) is 9. The smallest absolute Gasteiger partial charge is 0.269 e. The highest BCUT2D eigenvalue weighted by molar-refractivity contribution is 5.92. The standard InChI is InChI=1S/C37H46N10O3/c1-38-35(49)31-19-27(9-14-39-31)33-29-20-28(7-8-30(29)41-42-33)47-18-13-37(36(47)50)12-17-45(22-37)21-32(48)46-15-10-25(11-16-46)24-3-5-26(6-4-24)34-40-23-44(2)43-34/h3-6,9-10,14,19,23,28-30,33,41-42H,7-8,11-13,15-18,20-22H2,1-2H3,(H,38,49)/t28?,29?,30?,33?,37-/m0/s1. The number of pyridine rings is 1. The summed E-state index contributed by atoms with van der Waals surface area (Å²) >= 11 is 0. The van der Waals surface area contributed by atoms with Crippen LogP contribution in [0, 0.1) is 11.3 Å². The molecule has 5 atom stereocenters. The maximum absolute atomic E-state index is 14.1. The van der Waals surface area contributed by atoms with Crippen molar-refractivity contribution in [2.45, 2.75) is 56.7 Å². The molecule has 13 nitrogen and oxygen atoms in total. The summed E-state index contributed by atoms with van der Waals surface area (Å²) in [5, 5.41) is 7.04.